The van der Waals surface area contributed by atoms with Crippen molar-refractivity contribution in [3.63, 3.8) is 0 Å². The molecule has 112 valence electrons. The molecule has 2 atom stereocenters. The summed E-state index contributed by atoms with van der Waals surface area (Å²) < 4.78 is 7.28. The molecule has 2 rings (SSSR count). The van der Waals surface area contributed by atoms with Crippen LogP contribution in [-0.2, 0) is 11.3 Å². The fourth-order valence-corrected chi connectivity index (χ4v) is 2.49. The van der Waals surface area contributed by atoms with Gasteiger partial charge in [0.05, 0.1) is 17.6 Å². The number of nitro groups is 1. The van der Waals surface area contributed by atoms with Gasteiger partial charge in [-0.15, -0.1) is 0 Å². The molecule has 0 aromatic carbocycles. The van der Waals surface area contributed by atoms with Crippen molar-refractivity contribution >= 4 is 11.5 Å². The Morgan fingerprint density at radius 2 is 2.35 bits per heavy atom. The van der Waals surface area contributed by atoms with Crippen molar-refractivity contribution in [2.24, 2.45) is 5.73 Å². The summed E-state index contributed by atoms with van der Waals surface area (Å²) in [6.07, 6.45) is -0.121. The molecule has 0 radical (unpaired) electrons. The Hall–Kier alpha value is -1.67. The van der Waals surface area contributed by atoms with Gasteiger partial charge in [-0.1, -0.05) is 0 Å². The van der Waals surface area contributed by atoms with E-state index in [1.165, 1.54) is 0 Å². The van der Waals surface area contributed by atoms with E-state index in [0.717, 1.165) is 0 Å². The van der Waals surface area contributed by atoms with Crippen LogP contribution >= 0.6 is 0 Å². The van der Waals surface area contributed by atoms with Crippen molar-refractivity contribution in [1.82, 2.24) is 9.78 Å². The van der Waals surface area contributed by atoms with Gasteiger partial charge in [0, 0.05) is 25.7 Å². The number of hydrogen-bond acceptors (Lipinski definition) is 6. The molecule has 2 unspecified atom stereocenters. The zero-order chi connectivity index (χ0) is 14.9. The maximum absolute atomic E-state index is 11.3. The molecule has 2 N–H and O–H groups in total. The minimum Gasteiger partial charge on any atom is -0.373 e. The summed E-state index contributed by atoms with van der Waals surface area (Å²) in [7, 11) is 0. The van der Waals surface area contributed by atoms with Crippen LogP contribution in [0.25, 0.3) is 0 Å². The maximum Gasteiger partial charge on any atom is 0.333 e. The number of nitrogens with zero attached hydrogens (tertiary/aromatic N) is 4. The summed E-state index contributed by atoms with van der Waals surface area (Å²) >= 11 is 0. The van der Waals surface area contributed by atoms with E-state index in [-0.39, 0.29) is 22.8 Å². The van der Waals surface area contributed by atoms with E-state index >= 15 is 0 Å². The van der Waals surface area contributed by atoms with Crippen LogP contribution in [0.1, 0.15) is 19.5 Å². The highest BCUT2D eigenvalue weighted by molar-refractivity contribution is 5.61. The van der Waals surface area contributed by atoms with Gasteiger partial charge in [0.1, 0.15) is 5.69 Å². The van der Waals surface area contributed by atoms with Crippen LogP contribution < -0.4 is 10.6 Å². The predicted molar refractivity (Wildman–Crippen MR) is 74.9 cm³/mol. The van der Waals surface area contributed by atoms with Gasteiger partial charge >= 0.3 is 5.69 Å². The van der Waals surface area contributed by atoms with Gasteiger partial charge in [-0.3, -0.25) is 10.1 Å². The Balaban J connectivity index is 2.38. The Morgan fingerprint density at radius 3 is 2.90 bits per heavy atom. The summed E-state index contributed by atoms with van der Waals surface area (Å²) in [4.78, 5) is 12.9. The zero-order valence-electron chi connectivity index (χ0n) is 12.1. The summed E-state index contributed by atoms with van der Waals surface area (Å²) in [6.45, 7) is 7.71. The third kappa shape index (κ3) is 2.61. The Kier molecular flexibility index (Phi) is 4.24. The van der Waals surface area contributed by atoms with Crippen molar-refractivity contribution in [3.8, 4) is 0 Å². The number of morpholine rings is 1. The highest BCUT2D eigenvalue weighted by Gasteiger charge is 2.33. The van der Waals surface area contributed by atoms with Crippen LogP contribution in [0, 0.1) is 17.0 Å². The molecule has 0 aliphatic carbocycles. The lowest BCUT2D eigenvalue weighted by Crippen LogP contribution is -2.50. The van der Waals surface area contributed by atoms with E-state index in [1.54, 1.807) is 11.6 Å². The first-order valence-corrected chi connectivity index (χ1v) is 6.79. The second kappa shape index (κ2) is 5.76. The van der Waals surface area contributed by atoms with Gasteiger partial charge in [0.2, 0.25) is 5.82 Å². The fourth-order valence-electron chi connectivity index (χ4n) is 2.49. The van der Waals surface area contributed by atoms with Gasteiger partial charge in [0.25, 0.3) is 0 Å². The summed E-state index contributed by atoms with van der Waals surface area (Å²) in [5, 5.41) is 15.6. The summed E-state index contributed by atoms with van der Waals surface area (Å²) in [5.74, 6) is 0.559. The number of anilines is 1. The third-order valence-corrected chi connectivity index (χ3v) is 3.53. The normalized spacial score (nSPS) is 21.0. The molecule has 8 nitrogen and oxygen atoms in total. The predicted octanol–water partition coefficient (Wildman–Crippen LogP) is 0.672. The second-order valence-corrected chi connectivity index (χ2v) is 5.04. The topological polar surface area (TPSA) is 99.4 Å². The average molecular weight is 283 g/mol. The molecule has 1 aromatic heterocycles. The van der Waals surface area contributed by atoms with Crippen molar-refractivity contribution in [2.75, 3.05) is 24.6 Å². The molecule has 1 aliphatic rings. The van der Waals surface area contributed by atoms with Gasteiger partial charge in [-0.05, 0) is 20.8 Å². The first-order valence-electron chi connectivity index (χ1n) is 6.79. The van der Waals surface area contributed by atoms with Gasteiger partial charge in [-0.25, -0.2) is 4.68 Å². The molecule has 1 aromatic rings. The lowest BCUT2D eigenvalue weighted by molar-refractivity contribution is -0.384. The molecular formula is C12H21N5O3. The molecule has 1 aliphatic heterocycles. The molecule has 8 heteroatoms. The van der Waals surface area contributed by atoms with Crippen LogP contribution in [0.15, 0.2) is 0 Å². The van der Waals surface area contributed by atoms with Crippen LogP contribution in [0.5, 0.6) is 0 Å². The Labute approximate surface area is 117 Å². The lowest BCUT2D eigenvalue weighted by atomic mass is 10.1. The van der Waals surface area contributed by atoms with E-state index in [1.807, 2.05) is 18.7 Å². The molecule has 0 spiro atoms. The van der Waals surface area contributed by atoms with E-state index in [9.17, 15) is 10.1 Å². The average Bonchev–Trinajstić information content (AvgIpc) is 2.75. The van der Waals surface area contributed by atoms with Crippen LogP contribution in [0.3, 0.4) is 0 Å². The highest BCUT2D eigenvalue weighted by atomic mass is 16.6. The first kappa shape index (κ1) is 14.7. The number of aromatic nitrogens is 2. The van der Waals surface area contributed by atoms with E-state index < -0.39 is 0 Å². The monoisotopic (exact) mass is 283 g/mol. The van der Waals surface area contributed by atoms with E-state index in [0.29, 0.717) is 37.8 Å². The highest BCUT2D eigenvalue weighted by Crippen LogP contribution is 2.32. The second-order valence-electron chi connectivity index (χ2n) is 5.04. The first-order chi connectivity index (χ1) is 9.45. The van der Waals surface area contributed by atoms with Crippen LogP contribution in [0.4, 0.5) is 11.5 Å². The Bertz CT molecular complexity index is 500. The van der Waals surface area contributed by atoms with Crippen LogP contribution in [0.2, 0.25) is 0 Å². The molecule has 2 heterocycles. The lowest BCUT2D eigenvalue weighted by Gasteiger charge is -2.35. The number of aryl methyl sites for hydroxylation is 2. The SMILES string of the molecule is CCn1nc(C)c([N+](=O)[O-])c1N1CCOC(C(C)N)C1. The van der Waals surface area contributed by atoms with Gasteiger partial charge in [0.15, 0.2) is 0 Å². The summed E-state index contributed by atoms with van der Waals surface area (Å²) in [5.41, 5.74) is 6.39. The number of hydrogen-bond donors (Lipinski definition) is 1. The van der Waals surface area contributed by atoms with E-state index in [4.69, 9.17) is 10.5 Å². The molecule has 0 bridgehead atoms. The molecule has 1 saturated heterocycles. The van der Waals surface area contributed by atoms with Crippen molar-refractivity contribution < 1.29 is 9.66 Å². The van der Waals surface area contributed by atoms with Crippen molar-refractivity contribution in [1.29, 1.82) is 0 Å². The van der Waals surface area contributed by atoms with Crippen LogP contribution in [-0.4, -0.2) is 46.5 Å². The molecule has 1 fully saturated rings. The number of ether oxygens (including phenoxy) is 1. The van der Waals surface area contributed by atoms with Crippen molar-refractivity contribution in [3.05, 3.63) is 15.8 Å². The Morgan fingerprint density at radius 1 is 1.65 bits per heavy atom. The molecule has 0 saturated carbocycles. The fraction of sp³-hybridized carbons (Fsp3) is 0.750. The minimum absolute atomic E-state index is 0.0807. The largest absolute Gasteiger partial charge is 0.373 e. The molecule has 20 heavy (non-hydrogen) atoms. The van der Waals surface area contributed by atoms with Crippen molar-refractivity contribution in [2.45, 2.75) is 39.5 Å². The number of rotatable bonds is 4. The van der Waals surface area contributed by atoms with E-state index in [2.05, 4.69) is 5.10 Å². The smallest absolute Gasteiger partial charge is 0.333 e. The van der Waals surface area contributed by atoms with Gasteiger partial charge < -0.3 is 15.4 Å². The third-order valence-electron chi connectivity index (χ3n) is 3.53. The molecular weight excluding hydrogens is 262 g/mol. The quantitative estimate of drug-likeness (QED) is 0.644. The minimum atomic E-state index is -0.361. The van der Waals surface area contributed by atoms with Gasteiger partial charge in [-0.2, -0.15) is 5.10 Å². The summed E-state index contributed by atoms with van der Waals surface area (Å²) in [6, 6.07) is -0.115. The zero-order valence-corrected chi connectivity index (χ0v) is 12.1. The molecule has 0 amide bonds. The maximum atomic E-state index is 11.3. The standard InChI is InChI=1S/C12H21N5O3/c1-4-16-12(11(17(18)19)9(3)14-16)15-5-6-20-10(7-15)8(2)13/h8,10H,4-7,13H2,1-3H3. The number of nitrogens with two attached hydrogens (primary N) is 1.